The van der Waals surface area contributed by atoms with Gasteiger partial charge in [-0.05, 0) is 60.8 Å². The Kier molecular flexibility index (Phi) is 7.43. The minimum absolute atomic E-state index is 0.125. The second kappa shape index (κ2) is 10.7. The lowest BCUT2D eigenvalue weighted by atomic mass is 10.2. The second-order valence-electron chi connectivity index (χ2n) is 6.97. The quantitative estimate of drug-likeness (QED) is 0.282. The lowest BCUT2D eigenvalue weighted by molar-refractivity contribution is -0.115. The van der Waals surface area contributed by atoms with Gasteiger partial charge in [-0.15, -0.1) is 34.4 Å². The number of rotatable bonds is 8. The van der Waals surface area contributed by atoms with E-state index >= 15 is 0 Å². The van der Waals surface area contributed by atoms with Crippen LogP contribution in [0.15, 0.2) is 76.3 Å². The van der Waals surface area contributed by atoms with Crippen molar-refractivity contribution in [1.29, 1.82) is 0 Å². The molecule has 2 aromatic heterocycles. The van der Waals surface area contributed by atoms with Gasteiger partial charge in [0.05, 0.1) is 22.9 Å². The van der Waals surface area contributed by atoms with Crippen LogP contribution in [0.3, 0.4) is 0 Å². The first kappa shape index (κ1) is 23.0. The van der Waals surface area contributed by atoms with E-state index in [1.165, 1.54) is 23.1 Å². The smallest absolute Gasteiger partial charge is 0.255 e. The van der Waals surface area contributed by atoms with Crippen molar-refractivity contribution >= 4 is 57.1 Å². The van der Waals surface area contributed by atoms with Crippen molar-refractivity contribution < 1.29 is 14.3 Å². The van der Waals surface area contributed by atoms with Gasteiger partial charge in [-0.25, -0.2) is 4.98 Å². The van der Waals surface area contributed by atoms with Gasteiger partial charge in [-0.1, -0.05) is 12.1 Å². The standard InChI is InChI=1S/C24H21N3O3S3/c1-15(22(28)27-24-26-20(14-32-24)21-7-4-12-31-21)33-19-6-3-5-17(13-19)25-23(29)16-8-10-18(30-2)11-9-16/h3-15H,1-2H3,(H,25,29)(H,26,27,28). The molecule has 0 radical (unpaired) electrons. The van der Waals surface area contributed by atoms with E-state index in [2.05, 4.69) is 15.6 Å². The topological polar surface area (TPSA) is 80.3 Å². The number of ether oxygens (including phenoxy) is 1. The maximum Gasteiger partial charge on any atom is 0.255 e. The Labute approximate surface area is 204 Å². The van der Waals surface area contributed by atoms with Gasteiger partial charge < -0.3 is 15.4 Å². The third-order valence-electron chi connectivity index (χ3n) is 4.63. The van der Waals surface area contributed by atoms with Crippen LogP contribution in [-0.4, -0.2) is 29.2 Å². The number of benzene rings is 2. The monoisotopic (exact) mass is 495 g/mol. The molecule has 0 spiro atoms. The highest BCUT2D eigenvalue weighted by molar-refractivity contribution is 8.00. The highest BCUT2D eigenvalue weighted by atomic mass is 32.2. The van der Waals surface area contributed by atoms with Crippen molar-refractivity contribution in [2.45, 2.75) is 17.1 Å². The first-order valence-electron chi connectivity index (χ1n) is 10.0. The average Bonchev–Trinajstić information content (AvgIpc) is 3.51. The van der Waals surface area contributed by atoms with E-state index in [0.29, 0.717) is 22.1 Å². The largest absolute Gasteiger partial charge is 0.497 e. The van der Waals surface area contributed by atoms with Crippen LogP contribution in [0.5, 0.6) is 5.75 Å². The summed E-state index contributed by atoms with van der Waals surface area (Å²) < 4.78 is 5.12. The Bertz CT molecular complexity index is 1240. The maximum absolute atomic E-state index is 12.7. The molecule has 1 unspecified atom stereocenters. The SMILES string of the molecule is COc1ccc(C(=O)Nc2cccc(SC(C)C(=O)Nc3nc(-c4cccs4)cs3)c2)cc1. The second-order valence-corrected chi connectivity index (χ2v) is 10.2. The van der Waals surface area contributed by atoms with Gasteiger partial charge in [0.25, 0.3) is 5.91 Å². The Hall–Kier alpha value is -3.14. The Balaban J connectivity index is 1.35. The fourth-order valence-corrected chi connectivity index (χ4v) is 5.33. The summed E-state index contributed by atoms with van der Waals surface area (Å²) in [5, 5.41) is 9.96. The number of methoxy groups -OCH3 is 1. The maximum atomic E-state index is 12.7. The van der Waals surface area contributed by atoms with Gasteiger partial charge in [0.1, 0.15) is 5.75 Å². The first-order chi connectivity index (χ1) is 16.0. The van der Waals surface area contributed by atoms with Crippen molar-refractivity contribution in [1.82, 2.24) is 4.98 Å². The normalized spacial score (nSPS) is 11.6. The predicted molar refractivity (Wildman–Crippen MR) is 137 cm³/mol. The molecule has 0 saturated heterocycles. The van der Waals surface area contributed by atoms with Gasteiger partial charge in [0.15, 0.2) is 5.13 Å². The van der Waals surface area contributed by atoms with E-state index in [0.717, 1.165) is 15.5 Å². The van der Waals surface area contributed by atoms with Crippen LogP contribution >= 0.6 is 34.4 Å². The molecule has 0 fully saturated rings. The van der Waals surface area contributed by atoms with Gasteiger partial charge >= 0.3 is 0 Å². The van der Waals surface area contributed by atoms with Crippen LogP contribution in [0.4, 0.5) is 10.8 Å². The Morgan fingerprint density at radius 2 is 1.85 bits per heavy atom. The van der Waals surface area contributed by atoms with Crippen molar-refractivity contribution in [3.63, 3.8) is 0 Å². The van der Waals surface area contributed by atoms with E-state index in [1.54, 1.807) is 42.7 Å². The molecule has 0 aliphatic heterocycles. The number of thiazole rings is 1. The van der Waals surface area contributed by atoms with Crippen LogP contribution in [0, 0.1) is 0 Å². The number of carbonyl (C=O) groups is 2. The van der Waals surface area contributed by atoms with Crippen LogP contribution in [0.1, 0.15) is 17.3 Å². The number of hydrogen-bond donors (Lipinski definition) is 2. The molecule has 1 atom stereocenters. The van der Waals surface area contributed by atoms with Crippen molar-refractivity contribution in [3.05, 3.63) is 77.0 Å². The number of amides is 2. The minimum atomic E-state index is -0.341. The predicted octanol–water partition coefficient (Wildman–Crippen LogP) is 6.25. The summed E-state index contributed by atoms with van der Waals surface area (Å²) in [6, 6.07) is 18.3. The molecule has 2 aromatic carbocycles. The summed E-state index contributed by atoms with van der Waals surface area (Å²) in [6.45, 7) is 1.84. The minimum Gasteiger partial charge on any atom is -0.497 e. The fourth-order valence-electron chi connectivity index (χ4n) is 2.93. The number of nitrogens with one attached hydrogen (secondary N) is 2. The molecule has 2 N–H and O–H groups in total. The van der Waals surface area contributed by atoms with Crippen LogP contribution in [0.25, 0.3) is 10.6 Å². The van der Waals surface area contributed by atoms with Crippen LogP contribution in [-0.2, 0) is 4.79 Å². The summed E-state index contributed by atoms with van der Waals surface area (Å²) in [5.74, 6) is 0.355. The van der Waals surface area contributed by atoms with E-state index in [1.807, 2.05) is 54.1 Å². The first-order valence-corrected chi connectivity index (χ1v) is 12.7. The summed E-state index contributed by atoms with van der Waals surface area (Å²) >= 11 is 4.44. The molecule has 6 nitrogen and oxygen atoms in total. The Morgan fingerprint density at radius 1 is 1.03 bits per heavy atom. The zero-order valence-electron chi connectivity index (χ0n) is 17.9. The van der Waals surface area contributed by atoms with Crippen LogP contribution in [0.2, 0.25) is 0 Å². The zero-order chi connectivity index (χ0) is 23.2. The molecule has 2 heterocycles. The Morgan fingerprint density at radius 3 is 2.58 bits per heavy atom. The highest BCUT2D eigenvalue weighted by Crippen LogP contribution is 2.30. The molecule has 33 heavy (non-hydrogen) atoms. The lowest BCUT2D eigenvalue weighted by Crippen LogP contribution is -2.22. The number of hydrogen-bond acceptors (Lipinski definition) is 7. The third-order valence-corrected chi connectivity index (χ3v) is 7.38. The van der Waals surface area contributed by atoms with E-state index < -0.39 is 0 Å². The van der Waals surface area contributed by atoms with Crippen molar-refractivity contribution in [2.75, 3.05) is 17.7 Å². The van der Waals surface area contributed by atoms with Gasteiger partial charge in [-0.2, -0.15) is 0 Å². The fraction of sp³-hybridized carbons (Fsp3) is 0.125. The van der Waals surface area contributed by atoms with Gasteiger partial charge in [0.2, 0.25) is 5.91 Å². The molecule has 4 aromatic rings. The number of thiophene rings is 1. The summed E-state index contributed by atoms with van der Waals surface area (Å²) in [4.78, 5) is 31.6. The molecular weight excluding hydrogens is 474 g/mol. The lowest BCUT2D eigenvalue weighted by Gasteiger charge is -2.12. The molecule has 4 rings (SSSR count). The summed E-state index contributed by atoms with van der Waals surface area (Å²) in [5.41, 5.74) is 2.06. The van der Waals surface area contributed by atoms with Gasteiger partial charge in [0, 0.05) is 21.5 Å². The number of nitrogens with zero attached hydrogens (tertiary/aromatic N) is 1. The number of anilines is 2. The molecule has 0 aliphatic carbocycles. The third kappa shape index (κ3) is 6.01. The zero-order valence-corrected chi connectivity index (χ0v) is 20.4. The highest BCUT2D eigenvalue weighted by Gasteiger charge is 2.17. The molecule has 0 bridgehead atoms. The van der Waals surface area contributed by atoms with Crippen molar-refractivity contribution in [2.24, 2.45) is 0 Å². The molecular formula is C24H21N3O3S3. The number of thioether (sulfide) groups is 1. The van der Waals surface area contributed by atoms with E-state index in [-0.39, 0.29) is 17.1 Å². The van der Waals surface area contributed by atoms with Crippen LogP contribution < -0.4 is 15.4 Å². The average molecular weight is 496 g/mol. The molecule has 2 amide bonds. The van der Waals surface area contributed by atoms with Gasteiger partial charge in [-0.3, -0.25) is 9.59 Å². The summed E-state index contributed by atoms with van der Waals surface area (Å²) in [6.07, 6.45) is 0. The molecule has 168 valence electrons. The van der Waals surface area contributed by atoms with E-state index in [9.17, 15) is 9.59 Å². The molecule has 0 saturated carbocycles. The number of carbonyl (C=O) groups excluding carboxylic acids is 2. The summed E-state index contributed by atoms with van der Waals surface area (Å²) in [7, 11) is 1.58. The van der Waals surface area contributed by atoms with Crippen molar-refractivity contribution in [3.8, 4) is 16.3 Å². The van der Waals surface area contributed by atoms with E-state index in [4.69, 9.17) is 4.74 Å². The number of aromatic nitrogens is 1. The molecule has 0 aliphatic rings. The molecule has 9 heteroatoms.